The molecule has 2 aromatic heterocycles. The maximum atomic E-state index is 12.6. The van der Waals surface area contributed by atoms with Gasteiger partial charge in [0, 0.05) is 25.3 Å². The van der Waals surface area contributed by atoms with Gasteiger partial charge in [-0.1, -0.05) is 0 Å². The number of aromatic nitrogens is 2. The molecular formula is C18H26F3N3O4. The van der Waals surface area contributed by atoms with Crippen LogP contribution in [-0.2, 0) is 24.1 Å². The molecule has 0 radical (unpaired) electrons. The summed E-state index contributed by atoms with van der Waals surface area (Å²) < 4.78 is 49.4. The fourth-order valence-corrected chi connectivity index (χ4v) is 2.67. The van der Waals surface area contributed by atoms with Gasteiger partial charge in [0.2, 0.25) is 0 Å². The van der Waals surface area contributed by atoms with Crippen molar-refractivity contribution in [3.05, 3.63) is 42.1 Å². The molecule has 0 aliphatic heterocycles. The number of alkyl halides is 3. The van der Waals surface area contributed by atoms with E-state index in [9.17, 15) is 23.4 Å². The van der Waals surface area contributed by atoms with E-state index in [1.165, 1.54) is 12.5 Å². The van der Waals surface area contributed by atoms with E-state index >= 15 is 0 Å². The van der Waals surface area contributed by atoms with Gasteiger partial charge in [-0.25, -0.2) is 0 Å². The van der Waals surface area contributed by atoms with Crippen LogP contribution >= 0.6 is 0 Å². The summed E-state index contributed by atoms with van der Waals surface area (Å²) in [6.07, 6.45) is -3.53. The van der Waals surface area contributed by atoms with Gasteiger partial charge in [-0.15, -0.1) is 0 Å². The topological polar surface area (TPSA) is 83.9 Å². The van der Waals surface area contributed by atoms with Crippen molar-refractivity contribution in [1.82, 2.24) is 14.7 Å². The van der Waals surface area contributed by atoms with Crippen LogP contribution in [-0.4, -0.2) is 62.8 Å². The lowest BCUT2D eigenvalue weighted by molar-refractivity contribution is -0.141. The maximum absolute atomic E-state index is 12.6. The number of nitrogens with zero attached hydrogens (tertiary/aromatic N) is 3. The molecule has 2 rings (SSSR count). The van der Waals surface area contributed by atoms with E-state index in [4.69, 9.17) is 9.15 Å². The maximum Gasteiger partial charge on any atom is 0.435 e. The van der Waals surface area contributed by atoms with E-state index in [2.05, 4.69) is 5.10 Å². The molecular weight excluding hydrogens is 379 g/mol. The van der Waals surface area contributed by atoms with Gasteiger partial charge in [0.05, 0.1) is 31.6 Å². The minimum absolute atomic E-state index is 0.0118. The first-order valence-electron chi connectivity index (χ1n) is 8.96. The molecule has 2 unspecified atom stereocenters. The van der Waals surface area contributed by atoms with Crippen LogP contribution in [0.5, 0.6) is 0 Å². The molecule has 28 heavy (non-hydrogen) atoms. The summed E-state index contributed by atoms with van der Waals surface area (Å²) in [5.41, 5.74) is -0.996. The fraction of sp³-hybridized carbons (Fsp3) is 0.611. The molecule has 0 amide bonds. The molecule has 2 atom stereocenters. The quantitative estimate of drug-likeness (QED) is 0.596. The first-order valence-corrected chi connectivity index (χ1v) is 8.96. The van der Waals surface area contributed by atoms with Crippen molar-refractivity contribution in [1.29, 1.82) is 0 Å². The van der Waals surface area contributed by atoms with Gasteiger partial charge in [0.25, 0.3) is 0 Å². The molecule has 0 bridgehead atoms. The predicted molar refractivity (Wildman–Crippen MR) is 94.3 cm³/mol. The fourth-order valence-electron chi connectivity index (χ4n) is 2.67. The lowest BCUT2D eigenvalue weighted by atomic mass is 10.2. The number of hydrogen-bond acceptors (Lipinski definition) is 6. The molecule has 0 saturated heterocycles. The number of furan rings is 1. The average molecular weight is 405 g/mol. The molecule has 0 saturated carbocycles. The zero-order chi connectivity index (χ0) is 20.7. The van der Waals surface area contributed by atoms with Crippen LogP contribution in [0.4, 0.5) is 13.2 Å². The Hall–Kier alpha value is -1.88. The second-order valence-electron chi connectivity index (χ2n) is 6.87. The summed E-state index contributed by atoms with van der Waals surface area (Å²) in [5, 5.41) is 23.8. The molecule has 0 fully saturated rings. The van der Waals surface area contributed by atoms with E-state index in [0.717, 1.165) is 10.7 Å². The van der Waals surface area contributed by atoms with E-state index < -0.39 is 24.1 Å². The third kappa shape index (κ3) is 7.27. The second-order valence-corrected chi connectivity index (χ2v) is 6.87. The second kappa shape index (κ2) is 10.1. The summed E-state index contributed by atoms with van der Waals surface area (Å²) in [7, 11) is 0. The third-order valence-corrected chi connectivity index (χ3v) is 4.08. The SMILES string of the molecule is CC(C)N(CC(O)COCc1ccco1)CC(O)Cn1ccc(C(F)(F)F)n1. The summed E-state index contributed by atoms with van der Waals surface area (Å²) in [4.78, 5) is 1.83. The average Bonchev–Trinajstić information content (AvgIpc) is 3.25. The van der Waals surface area contributed by atoms with E-state index in [1.807, 2.05) is 18.7 Å². The highest BCUT2D eigenvalue weighted by Gasteiger charge is 2.33. The Morgan fingerprint density at radius 2 is 1.93 bits per heavy atom. The molecule has 0 aromatic carbocycles. The Morgan fingerprint density at radius 3 is 2.50 bits per heavy atom. The van der Waals surface area contributed by atoms with Crippen molar-refractivity contribution in [3.63, 3.8) is 0 Å². The molecule has 2 aromatic rings. The van der Waals surface area contributed by atoms with Gasteiger partial charge >= 0.3 is 6.18 Å². The number of hydrogen-bond donors (Lipinski definition) is 2. The minimum Gasteiger partial charge on any atom is -0.467 e. The largest absolute Gasteiger partial charge is 0.467 e. The van der Waals surface area contributed by atoms with Crippen LogP contribution in [0.2, 0.25) is 0 Å². The summed E-state index contributed by atoms with van der Waals surface area (Å²) in [6.45, 7) is 4.49. The van der Waals surface area contributed by atoms with Gasteiger partial charge < -0.3 is 19.4 Å². The molecule has 0 aliphatic rings. The molecule has 158 valence electrons. The lowest BCUT2D eigenvalue weighted by Crippen LogP contribution is -2.44. The van der Waals surface area contributed by atoms with Gasteiger partial charge in [0.1, 0.15) is 12.4 Å². The summed E-state index contributed by atoms with van der Waals surface area (Å²) in [6, 6.07) is 4.39. The number of aliphatic hydroxyl groups excluding tert-OH is 2. The number of halogens is 3. The molecule has 0 spiro atoms. The Kier molecular flexibility index (Phi) is 8.05. The first-order chi connectivity index (χ1) is 13.1. The van der Waals surface area contributed by atoms with E-state index in [0.29, 0.717) is 5.76 Å². The highest BCUT2D eigenvalue weighted by atomic mass is 19.4. The highest BCUT2D eigenvalue weighted by molar-refractivity contribution is 5.03. The Balaban J connectivity index is 1.79. The van der Waals surface area contributed by atoms with Crippen LogP contribution in [0.3, 0.4) is 0 Å². The Morgan fingerprint density at radius 1 is 1.21 bits per heavy atom. The van der Waals surface area contributed by atoms with Crippen molar-refractivity contribution in [3.8, 4) is 0 Å². The van der Waals surface area contributed by atoms with Gasteiger partial charge in [-0.3, -0.25) is 9.58 Å². The van der Waals surface area contributed by atoms with Crippen molar-refractivity contribution in [2.45, 2.75) is 51.4 Å². The van der Waals surface area contributed by atoms with Crippen molar-refractivity contribution < 1.29 is 32.5 Å². The predicted octanol–water partition coefficient (Wildman–Crippen LogP) is 2.14. The summed E-state index contributed by atoms with van der Waals surface area (Å²) in [5.74, 6) is 0.654. The number of rotatable bonds is 11. The van der Waals surface area contributed by atoms with Crippen molar-refractivity contribution >= 4 is 0 Å². The smallest absolute Gasteiger partial charge is 0.435 e. The monoisotopic (exact) mass is 405 g/mol. The minimum atomic E-state index is -4.51. The molecule has 2 N–H and O–H groups in total. The first kappa shape index (κ1) is 22.4. The molecule has 10 heteroatoms. The molecule has 7 nitrogen and oxygen atoms in total. The third-order valence-electron chi connectivity index (χ3n) is 4.08. The highest BCUT2D eigenvalue weighted by Crippen LogP contribution is 2.27. The van der Waals surface area contributed by atoms with Gasteiger partial charge in [-0.05, 0) is 32.0 Å². The standard InChI is InChI=1S/C18H26F3N3O4/c1-13(2)23(9-15(26)11-27-12-16-4-3-7-28-16)8-14(25)10-24-6-5-17(22-24)18(19,20)21/h3-7,13-15,25-26H,8-12H2,1-2H3. The lowest BCUT2D eigenvalue weighted by Gasteiger charge is -2.30. The molecule has 0 aliphatic carbocycles. The van der Waals surface area contributed by atoms with E-state index in [-0.39, 0.29) is 38.9 Å². The van der Waals surface area contributed by atoms with Crippen LogP contribution in [0.15, 0.2) is 35.1 Å². The zero-order valence-electron chi connectivity index (χ0n) is 15.8. The zero-order valence-corrected chi connectivity index (χ0v) is 15.8. The van der Waals surface area contributed by atoms with E-state index in [1.54, 1.807) is 12.1 Å². The normalized spacial score (nSPS) is 14.8. The van der Waals surface area contributed by atoms with Crippen LogP contribution in [0.25, 0.3) is 0 Å². The van der Waals surface area contributed by atoms with Gasteiger partial charge in [0.15, 0.2) is 5.69 Å². The Labute approximate surface area is 161 Å². The van der Waals surface area contributed by atoms with Crippen LogP contribution in [0, 0.1) is 0 Å². The summed E-state index contributed by atoms with van der Waals surface area (Å²) >= 11 is 0. The van der Waals surface area contributed by atoms with Crippen molar-refractivity contribution in [2.24, 2.45) is 0 Å². The van der Waals surface area contributed by atoms with Crippen LogP contribution in [0.1, 0.15) is 25.3 Å². The Bertz CT molecular complexity index is 689. The van der Waals surface area contributed by atoms with Crippen LogP contribution < -0.4 is 0 Å². The van der Waals surface area contributed by atoms with Gasteiger partial charge in [-0.2, -0.15) is 18.3 Å². The number of ether oxygens (including phenoxy) is 1. The van der Waals surface area contributed by atoms with Crippen molar-refractivity contribution in [2.75, 3.05) is 19.7 Å². The number of aliphatic hydroxyl groups is 2. The molecule has 2 heterocycles.